The standard InChI is InChI=1S/C9H12N2O/c1-6-2-9-8(6)3-7(4-10)11(9)5-12/h5-9H,2-3H2,1H3. The molecule has 64 valence electrons. The zero-order chi connectivity index (χ0) is 8.72. The third kappa shape index (κ3) is 0.781. The van der Waals surface area contributed by atoms with Gasteiger partial charge in [0.1, 0.15) is 6.04 Å². The molecule has 0 aromatic rings. The van der Waals surface area contributed by atoms with Gasteiger partial charge in [-0.05, 0) is 24.7 Å². The maximum absolute atomic E-state index is 10.6. The minimum atomic E-state index is -0.151. The summed E-state index contributed by atoms with van der Waals surface area (Å²) in [5.41, 5.74) is 0. The summed E-state index contributed by atoms with van der Waals surface area (Å²) in [6.07, 6.45) is 2.81. The molecule has 3 nitrogen and oxygen atoms in total. The average molecular weight is 164 g/mol. The smallest absolute Gasteiger partial charge is 0.211 e. The van der Waals surface area contributed by atoms with Crippen LogP contribution in [0.4, 0.5) is 0 Å². The highest BCUT2D eigenvalue weighted by Crippen LogP contribution is 2.46. The van der Waals surface area contributed by atoms with Gasteiger partial charge >= 0.3 is 0 Å². The van der Waals surface area contributed by atoms with Gasteiger partial charge in [-0.25, -0.2) is 0 Å². The van der Waals surface area contributed by atoms with Crippen molar-refractivity contribution in [2.24, 2.45) is 11.8 Å². The molecule has 1 aliphatic carbocycles. The molecule has 1 aliphatic heterocycles. The Balaban J connectivity index is 2.14. The van der Waals surface area contributed by atoms with Crippen LogP contribution in [0, 0.1) is 23.2 Å². The van der Waals surface area contributed by atoms with E-state index in [9.17, 15) is 4.79 Å². The number of nitrogens with zero attached hydrogens (tertiary/aromatic N) is 2. The highest BCUT2D eigenvalue weighted by molar-refractivity contribution is 5.51. The van der Waals surface area contributed by atoms with Gasteiger partial charge in [-0.15, -0.1) is 0 Å². The van der Waals surface area contributed by atoms with E-state index >= 15 is 0 Å². The summed E-state index contributed by atoms with van der Waals surface area (Å²) in [6.45, 7) is 2.20. The van der Waals surface area contributed by atoms with Crippen LogP contribution < -0.4 is 0 Å². The van der Waals surface area contributed by atoms with Gasteiger partial charge in [0.05, 0.1) is 6.07 Å². The molecule has 0 aromatic heterocycles. The predicted octanol–water partition coefficient (Wildman–Crippen LogP) is 0.765. The first-order chi connectivity index (χ1) is 5.77. The summed E-state index contributed by atoms with van der Waals surface area (Å²) in [4.78, 5) is 12.3. The zero-order valence-electron chi connectivity index (χ0n) is 7.10. The Kier molecular flexibility index (Phi) is 1.57. The van der Waals surface area contributed by atoms with E-state index < -0.39 is 0 Å². The summed E-state index contributed by atoms with van der Waals surface area (Å²) < 4.78 is 0. The first kappa shape index (κ1) is 7.60. The molecule has 0 bridgehead atoms. The fraction of sp³-hybridized carbons (Fsp3) is 0.778. The summed E-state index contributed by atoms with van der Waals surface area (Å²) in [6, 6.07) is 2.41. The van der Waals surface area contributed by atoms with Crippen LogP contribution in [0.3, 0.4) is 0 Å². The van der Waals surface area contributed by atoms with E-state index in [2.05, 4.69) is 13.0 Å². The van der Waals surface area contributed by atoms with Crippen LogP contribution in [-0.2, 0) is 4.79 Å². The lowest BCUT2D eigenvalue weighted by atomic mass is 9.71. The normalized spacial score (nSPS) is 44.5. The minimum Gasteiger partial charge on any atom is -0.326 e. The van der Waals surface area contributed by atoms with E-state index in [1.807, 2.05) is 0 Å². The van der Waals surface area contributed by atoms with E-state index in [4.69, 9.17) is 5.26 Å². The predicted molar refractivity (Wildman–Crippen MR) is 43.0 cm³/mol. The Bertz CT molecular complexity index is 245. The molecular formula is C9H12N2O. The molecule has 1 saturated heterocycles. The van der Waals surface area contributed by atoms with Gasteiger partial charge in [-0.1, -0.05) is 6.92 Å². The molecule has 1 amide bonds. The number of carbonyl (C=O) groups excluding carboxylic acids is 1. The van der Waals surface area contributed by atoms with E-state index in [0.29, 0.717) is 17.9 Å². The van der Waals surface area contributed by atoms with Gasteiger partial charge in [0, 0.05) is 6.04 Å². The maximum Gasteiger partial charge on any atom is 0.211 e. The average Bonchev–Trinajstić information content (AvgIpc) is 2.37. The van der Waals surface area contributed by atoms with Crippen molar-refractivity contribution in [2.45, 2.75) is 31.8 Å². The quantitative estimate of drug-likeness (QED) is 0.537. The molecule has 3 heteroatoms. The summed E-state index contributed by atoms with van der Waals surface area (Å²) >= 11 is 0. The molecule has 0 radical (unpaired) electrons. The Morgan fingerprint density at radius 2 is 2.33 bits per heavy atom. The molecular weight excluding hydrogens is 152 g/mol. The second-order valence-corrected chi connectivity index (χ2v) is 3.88. The number of amides is 1. The fourth-order valence-corrected chi connectivity index (χ4v) is 2.53. The van der Waals surface area contributed by atoms with Gasteiger partial charge < -0.3 is 4.90 Å². The molecule has 2 fully saturated rings. The second-order valence-electron chi connectivity index (χ2n) is 3.88. The molecule has 1 saturated carbocycles. The number of rotatable bonds is 1. The number of carbonyl (C=O) groups is 1. The highest BCUT2D eigenvalue weighted by Gasteiger charge is 2.50. The zero-order valence-corrected chi connectivity index (χ0v) is 7.10. The number of hydrogen-bond acceptors (Lipinski definition) is 2. The van der Waals surface area contributed by atoms with Crippen LogP contribution in [0.15, 0.2) is 0 Å². The van der Waals surface area contributed by atoms with E-state index in [0.717, 1.165) is 19.3 Å². The summed E-state index contributed by atoms with van der Waals surface area (Å²) in [5, 5.41) is 8.77. The van der Waals surface area contributed by atoms with Gasteiger partial charge in [0.2, 0.25) is 6.41 Å². The van der Waals surface area contributed by atoms with E-state index in [1.54, 1.807) is 4.90 Å². The lowest BCUT2D eigenvalue weighted by molar-refractivity contribution is -0.122. The van der Waals surface area contributed by atoms with Crippen LogP contribution in [0.25, 0.3) is 0 Å². The number of nitriles is 1. The lowest BCUT2D eigenvalue weighted by Crippen LogP contribution is -2.45. The van der Waals surface area contributed by atoms with Crippen LogP contribution in [0.2, 0.25) is 0 Å². The topological polar surface area (TPSA) is 44.1 Å². The van der Waals surface area contributed by atoms with Gasteiger partial charge in [0.15, 0.2) is 0 Å². The third-order valence-electron chi connectivity index (χ3n) is 3.35. The van der Waals surface area contributed by atoms with Crippen LogP contribution in [0.1, 0.15) is 19.8 Å². The second kappa shape index (κ2) is 2.48. The number of hydrogen-bond donors (Lipinski definition) is 0. The van der Waals surface area contributed by atoms with Crippen molar-refractivity contribution in [3.8, 4) is 6.07 Å². The molecule has 0 aromatic carbocycles. The largest absolute Gasteiger partial charge is 0.326 e. The van der Waals surface area contributed by atoms with Crippen LogP contribution in [0.5, 0.6) is 0 Å². The van der Waals surface area contributed by atoms with Crippen molar-refractivity contribution in [2.75, 3.05) is 0 Å². The van der Waals surface area contributed by atoms with Crippen molar-refractivity contribution in [1.82, 2.24) is 4.90 Å². The Labute approximate surface area is 72.0 Å². The molecule has 4 unspecified atom stereocenters. The molecule has 0 N–H and O–H groups in total. The van der Waals surface area contributed by atoms with Crippen LogP contribution in [-0.4, -0.2) is 23.4 Å². The SMILES string of the molecule is CC1CC2C1CC(C#N)N2C=O. The summed E-state index contributed by atoms with van der Waals surface area (Å²) in [5.74, 6) is 1.30. The Hall–Kier alpha value is -1.04. The minimum absolute atomic E-state index is 0.151. The van der Waals surface area contributed by atoms with Crippen molar-refractivity contribution < 1.29 is 4.79 Å². The lowest BCUT2D eigenvalue weighted by Gasteiger charge is -2.40. The van der Waals surface area contributed by atoms with Crippen molar-refractivity contribution >= 4 is 6.41 Å². The summed E-state index contributed by atoms with van der Waals surface area (Å²) in [7, 11) is 0. The van der Waals surface area contributed by atoms with E-state index in [1.165, 1.54) is 0 Å². The van der Waals surface area contributed by atoms with Crippen molar-refractivity contribution in [3.63, 3.8) is 0 Å². The first-order valence-electron chi connectivity index (χ1n) is 4.40. The molecule has 0 spiro atoms. The molecule has 12 heavy (non-hydrogen) atoms. The molecule has 1 heterocycles. The number of fused-ring (bicyclic) bond motifs is 1. The van der Waals surface area contributed by atoms with Crippen LogP contribution >= 0.6 is 0 Å². The Morgan fingerprint density at radius 1 is 1.58 bits per heavy atom. The van der Waals surface area contributed by atoms with E-state index in [-0.39, 0.29) is 6.04 Å². The van der Waals surface area contributed by atoms with Crippen molar-refractivity contribution in [3.05, 3.63) is 0 Å². The van der Waals surface area contributed by atoms with Gasteiger partial charge in [-0.3, -0.25) is 4.79 Å². The van der Waals surface area contributed by atoms with Gasteiger partial charge in [0.25, 0.3) is 0 Å². The number of likely N-dealkylation sites (tertiary alicyclic amines) is 1. The molecule has 2 aliphatic rings. The molecule has 4 atom stereocenters. The monoisotopic (exact) mass is 164 g/mol. The van der Waals surface area contributed by atoms with Crippen molar-refractivity contribution in [1.29, 1.82) is 5.26 Å². The maximum atomic E-state index is 10.6. The highest BCUT2D eigenvalue weighted by atomic mass is 16.1. The molecule has 2 rings (SSSR count). The third-order valence-corrected chi connectivity index (χ3v) is 3.35. The van der Waals surface area contributed by atoms with Gasteiger partial charge in [-0.2, -0.15) is 5.26 Å². The first-order valence-corrected chi connectivity index (χ1v) is 4.40. The Morgan fingerprint density at radius 3 is 2.83 bits per heavy atom. The fourth-order valence-electron chi connectivity index (χ4n) is 2.53.